The minimum absolute atomic E-state index is 0.00459. The van der Waals surface area contributed by atoms with E-state index in [9.17, 15) is 14.9 Å². The van der Waals surface area contributed by atoms with E-state index < -0.39 is 10.8 Å². The lowest BCUT2D eigenvalue weighted by atomic mass is 10.0. The van der Waals surface area contributed by atoms with Gasteiger partial charge in [-0.05, 0) is 47.4 Å². The molecule has 1 amide bonds. The molecule has 136 valence electrons. The number of benzene rings is 2. The van der Waals surface area contributed by atoms with Crippen LogP contribution in [0.3, 0.4) is 0 Å². The number of nitro benzene ring substituents is 1. The van der Waals surface area contributed by atoms with Gasteiger partial charge in [-0.25, -0.2) is 5.43 Å². The quantitative estimate of drug-likeness (QED) is 0.416. The van der Waals surface area contributed by atoms with Gasteiger partial charge in [0.1, 0.15) is 5.75 Å². The minimum atomic E-state index is -0.479. The van der Waals surface area contributed by atoms with Crippen LogP contribution >= 0.6 is 15.9 Å². The van der Waals surface area contributed by atoms with Crippen molar-refractivity contribution in [1.29, 1.82) is 0 Å². The van der Waals surface area contributed by atoms with Crippen LogP contribution in [0.2, 0.25) is 0 Å². The van der Waals surface area contributed by atoms with Gasteiger partial charge in [-0.1, -0.05) is 29.8 Å². The number of ether oxygens (including phenoxy) is 1. The van der Waals surface area contributed by atoms with Gasteiger partial charge < -0.3 is 4.74 Å². The topological polar surface area (TPSA) is 93.8 Å². The van der Waals surface area contributed by atoms with Gasteiger partial charge in [-0.15, -0.1) is 0 Å². The van der Waals surface area contributed by atoms with Gasteiger partial charge in [0.25, 0.3) is 11.6 Å². The summed E-state index contributed by atoms with van der Waals surface area (Å²) in [7, 11) is 0. The molecule has 0 fully saturated rings. The van der Waals surface area contributed by atoms with Gasteiger partial charge in [0, 0.05) is 16.6 Å². The third kappa shape index (κ3) is 5.66. The number of hydrogen-bond donors (Lipinski definition) is 1. The number of carbonyl (C=O) groups is 1. The lowest BCUT2D eigenvalue weighted by Crippen LogP contribution is -2.24. The predicted molar refractivity (Wildman–Crippen MR) is 103 cm³/mol. The fraction of sp³-hybridized carbons (Fsp3) is 0.222. The Labute approximate surface area is 159 Å². The largest absolute Gasteiger partial charge is 0.483 e. The molecule has 1 N–H and O–H groups in total. The Morgan fingerprint density at radius 3 is 2.62 bits per heavy atom. The number of rotatable bonds is 7. The summed E-state index contributed by atoms with van der Waals surface area (Å²) in [6.07, 6.45) is 1.40. The van der Waals surface area contributed by atoms with Crippen molar-refractivity contribution < 1.29 is 14.5 Å². The van der Waals surface area contributed by atoms with Crippen LogP contribution in [0.5, 0.6) is 5.75 Å². The highest BCUT2D eigenvalue weighted by molar-refractivity contribution is 9.10. The first-order chi connectivity index (χ1) is 12.4. The molecule has 8 heteroatoms. The number of nitro groups is 1. The molecular formula is C18H18BrN3O4. The van der Waals surface area contributed by atoms with Crippen molar-refractivity contribution in [3.63, 3.8) is 0 Å². The van der Waals surface area contributed by atoms with Crippen LogP contribution in [0.15, 0.2) is 52.0 Å². The smallest absolute Gasteiger partial charge is 0.277 e. The molecule has 7 nitrogen and oxygen atoms in total. The second-order valence-corrected chi connectivity index (χ2v) is 6.68. The van der Waals surface area contributed by atoms with Gasteiger partial charge in [0.2, 0.25) is 0 Å². The standard InChI is InChI=1S/C18H18BrN3O4/c1-12(2)16-9-14(19)5-8-17(16)26-11-18(23)21-20-10-13-3-6-15(7-4-13)22(24)25/h3-10,12H,11H2,1-2H3,(H,21,23)/b20-10+. The summed E-state index contributed by atoms with van der Waals surface area (Å²) in [6, 6.07) is 11.5. The second-order valence-electron chi connectivity index (χ2n) is 5.77. The zero-order valence-electron chi connectivity index (χ0n) is 14.3. The van der Waals surface area contributed by atoms with Crippen molar-refractivity contribution in [3.05, 3.63) is 68.2 Å². The van der Waals surface area contributed by atoms with Crippen LogP contribution in [-0.4, -0.2) is 23.7 Å². The lowest BCUT2D eigenvalue weighted by Gasteiger charge is -2.13. The highest BCUT2D eigenvalue weighted by Crippen LogP contribution is 2.29. The van der Waals surface area contributed by atoms with Gasteiger partial charge in [0.15, 0.2) is 6.61 Å². The maximum absolute atomic E-state index is 11.8. The van der Waals surface area contributed by atoms with Crippen molar-refractivity contribution in [2.75, 3.05) is 6.61 Å². The Hall–Kier alpha value is -2.74. The molecule has 2 rings (SSSR count). The number of non-ortho nitro benzene ring substituents is 1. The van der Waals surface area contributed by atoms with Gasteiger partial charge in [-0.3, -0.25) is 14.9 Å². The highest BCUT2D eigenvalue weighted by Gasteiger charge is 2.10. The molecule has 26 heavy (non-hydrogen) atoms. The number of hydrogen-bond acceptors (Lipinski definition) is 5. The normalized spacial score (nSPS) is 10.9. The summed E-state index contributed by atoms with van der Waals surface area (Å²) >= 11 is 3.42. The van der Waals surface area contributed by atoms with E-state index in [0.717, 1.165) is 10.0 Å². The van der Waals surface area contributed by atoms with Crippen LogP contribution in [-0.2, 0) is 4.79 Å². The van der Waals surface area contributed by atoms with Crippen molar-refractivity contribution in [2.45, 2.75) is 19.8 Å². The number of nitrogens with zero attached hydrogens (tertiary/aromatic N) is 2. The van der Waals surface area contributed by atoms with Crippen molar-refractivity contribution in [3.8, 4) is 5.75 Å². The molecular weight excluding hydrogens is 402 g/mol. The van der Waals surface area contributed by atoms with Gasteiger partial charge in [0.05, 0.1) is 11.1 Å². The van der Waals surface area contributed by atoms with E-state index in [0.29, 0.717) is 11.3 Å². The van der Waals surface area contributed by atoms with E-state index in [2.05, 4.69) is 26.5 Å². The highest BCUT2D eigenvalue weighted by atomic mass is 79.9. The molecule has 0 atom stereocenters. The Morgan fingerprint density at radius 2 is 2.00 bits per heavy atom. The van der Waals surface area contributed by atoms with Crippen LogP contribution in [0.25, 0.3) is 0 Å². The average Bonchev–Trinajstić information content (AvgIpc) is 2.61. The molecule has 0 spiro atoms. The summed E-state index contributed by atoms with van der Waals surface area (Å²) in [5.74, 6) is 0.504. The second kappa shape index (κ2) is 9.10. The maximum atomic E-state index is 11.8. The molecule has 0 aromatic heterocycles. The lowest BCUT2D eigenvalue weighted by molar-refractivity contribution is -0.384. The zero-order valence-corrected chi connectivity index (χ0v) is 15.9. The first kappa shape index (κ1) is 19.6. The Morgan fingerprint density at radius 1 is 1.31 bits per heavy atom. The van der Waals surface area contributed by atoms with Crippen molar-refractivity contribution in [2.24, 2.45) is 5.10 Å². The molecule has 0 saturated heterocycles. The summed E-state index contributed by atoms with van der Waals surface area (Å²) in [4.78, 5) is 22.0. The summed E-state index contributed by atoms with van der Waals surface area (Å²) in [5.41, 5.74) is 3.99. The number of halogens is 1. The third-order valence-corrected chi connectivity index (χ3v) is 3.95. The Balaban J connectivity index is 1.88. The summed E-state index contributed by atoms with van der Waals surface area (Å²) in [6.45, 7) is 3.92. The number of carbonyl (C=O) groups excluding carboxylic acids is 1. The molecule has 0 aliphatic rings. The zero-order chi connectivity index (χ0) is 19.1. The molecule has 0 saturated carbocycles. The van der Waals surface area contributed by atoms with E-state index in [1.807, 2.05) is 32.0 Å². The monoisotopic (exact) mass is 419 g/mol. The van der Waals surface area contributed by atoms with Gasteiger partial charge >= 0.3 is 0 Å². The summed E-state index contributed by atoms with van der Waals surface area (Å²) in [5, 5.41) is 14.4. The Bertz CT molecular complexity index is 820. The van der Waals surface area contributed by atoms with Crippen LogP contribution < -0.4 is 10.2 Å². The van der Waals surface area contributed by atoms with Crippen LogP contribution in [0, 0.1) is 10.1 Å². The molecule has 2 aromatic carbocycles. The van der Waals surface area contributed by atoms with E-state index in [1.165, 1.54) is 18.3 Å². The van der Waals surface area contributed by atoms with Crippen LogP contribution in [0.4, 0.5) is 5.69 Å². The SMILES string of the molecule is CC(C)c1cc(Br)ccc1OCC(=O)N/N=C/c1ccc([N+](=O)[O-])cc1. The molecule has 0 heterocycles. The van der Waals surface area contributed by atoms with E-state index >= 15 is 0 Å². The number of amides is 1. The third-order valence-electron chi connectivity index (χ3n) is 3.46. The van der Waals surface area contributed by atoms with Crippen molar-refractivity contribution >= 4 is 33.7 Å². The number of nitrogens with one attached hydrogen (secondary N) is 1. The Kier molecular flexibility index (Phi) is 6.85. The molecule has 0 unspecified atom stereocenters. The van der Waals surface area contributed by atoms with E-state index in [4.69, 9.17) is 4.74 Å². The van der Waals surface area contributed by atoms with E-state index in [-0.39, 0.29) is 18.2 Å². The first-order valence-corrected chi connectivity index (χ1v) is 8.64. The van der Waals surface area contributed by atoms with Crippen molar-refractivity contribution in [1.82, 2.24) is 5.43 Å². The summed E-state index contributed by atoms with van der Waals surface area (Å²) < 4.78 is 6.53. The number of hydrazone groups is 1. The first-order valence-electron chi connectivity index (χ1n) is 7.85. The van der Waals surface area contributed by atoms with E-state index in [1.54, 1.807) is 12.1 Å². The fourth-order valence-electron chi connectivity index (χ4n) is 2.14. The minimum Gasteiger partial charge on any atom is -0.483 e. The molecule has 0 bridgehead atoms. The molecule has 0 aliphatic heterocycles. The van der Waals surface area contributed by atoms with Gasteiger partial charge in [-0.2, -0.15) is 5.10 Å². The molecule has 2 aromatic rings. The fourth-order valence-corrected chi connectivity index (χ4v) is 2.52. The molecule has 0 aliphatic carbocycles. The predicted octanol–water partition coefficient (Wildman–Crippen LogP) is 4.01. The average molecular weight is 420 g/mol. The molecule has 0 radical (unpaired) electrons. The maximum Gasteiger partial charge on any atom is 0.277 e. The van der Waals surface area contributed by atoms with Crippen LogP contribution in [0.1, 0.15) is 30.9 Å².